The Morgan fingerprint density at radius 3 is 2.72 bits per heavy atom. The highest BCUT2D eigenvalue weighted by Gasteiger charge is 2.22. The molecule has 1 aromatic heterocycles. The number of benzene rings is 1. The highest BCUT2D eigenvalue weighted by atomic mass is 16.2. The van der Waals surface area contributed by atoms with Crippen molar-refractivity contribution in [2.75, 3.05) is 0 Å². The molecule has 0 bridgehead atoms. The minimum atomic E-state index is -0.247. The first-order valence-corrected chi connectivity index (χ1v) is 5.76. The second-order valence-electron chi connectivity index (χ2n) is 4.40. The van der Waals surface area contributed by atoms with Crippen molar-refractivity contribution >= 4 is 22.8 Å². The van der Waals surface area contributed by atoms with Crippen molar-refractivity contribution in [3.8, 4) is 0 Å². The van der Waals surface area contributed by atoms with E-state index in [-0.39, 0.29) is 17.9 Å². The number of nitrogens with two attached hydrogens (primary N) is 1. The lowest BCUT2D eigenvalue weighted by Crippen LogP contribution is -2.45. The Bertz CT molecular complexity index is 600. The SMILES string of the molecule is CC(C)N(C(=N)N)C(=O)c1cccc2[nH]ccc12. The zero-order valence-corrected chi connectivity index (χ0v) is 10.4. The second kappa shape index (κ2) is 4.52. The third kappa shape index (κ3) is 1.95. The van der Waals surface area contributed by atoms with Crippen molar-refractivity contribution in [2.45, 2.75) is 19.9 Å². The maximum absolute atomic E-state index is 12.4. The Morgan fingerprint density at radius 1 is 1.39 bits per heavy atom. The van der Waals surface area contributed by atoms with E-state index < -0.39 is 0 Å². The van der Waals surface area contributed by atoms with Gasteiger partial charge in [0.25, 0.3) is 5.91 Å². The molecular weight excluding hydrogens is 228 g/mol. The van der Waals surface area contributed by atoms with Crippen molar-refractivity contribution < 1.29 is 4.79 Å². The van der Waals surface area contributed by atoms with Crippen LogP contribution < -0.4 is 5.73 Å². The maximum Gasteiger partial charge on any atom is 0.261 e. The van der Waals surface area contributed by atoms with Crippen LogP contribution in [0.25, 0.3) is 10.9 Å². The molecule has 0 saturated carbocycles. The van der Waals surface area contributed by atoms with Crippen LogP contribution in [-0.4, -0.2) is 27.8 Å². The van der Waals surface area contributed by atoms with Gasteiger partial charge in [0.05, 0.1) is 0 Å². The molecule has 1 aromatic carbocycles. The number of nitrogens with one attached hydrogen (secondary N) is 2. The fraction of sp³-hybridized carbons (Fsp3) is 0.231. The fourth-order valence-corrected chi connectivity index (χ4v) is 2.02. The van der Waals surface area contributed by atoms with Gasteiger partial charge in [-0.15, -0.1) is 0 Å². The van der Waals surface area contributed by atoms with Gasteiger partial charge in [-0.3, -0.25) is 15.1 Å². The first kappa shape index (κ1) is 12.2. The van der Waals surface area contributed by atoms with Gasteiger partial charge >= 0.3 is 0 Å². The third-order valence-corrected chi connectivity index (χ3v) is 2.82. The number of nitrogens with zero attached hydrogens (tertiary/aromatic N) is 1. The molecule has 94 valence electrons. The molecule has 2 rings (SSSR count). The van der Waals surface area contributed by atoms with E-state index in [4.69, 9.17) is 11.1 Å². The number of aromatic amines is 1. The van der Waals surface area contributed by atoms with Crippen molar-refractivity contribution in [2.24, 2.45) is 5.73 Å². The van der Waals surface area contributed by atoms with Crippen LogP contribution in [0.1, 0.15) is 24.2 Å². The first-order chi connectivity index (χ1) is 8.52. The number of hydrogen-bond acceptors (Lipinski definition) is 2. The van der Waals surface area contributed by atoms with Gasteiger partial charge in [0.15, 0.2) is 5.96 Å². The molecule has 4 N–H and O–H groups in total. The predicted octanol–water partition coefficient (Wildman–Crippen LogP) is 1.91. The summed E-state index contributed by atoms with van der Waals surface area (Å²) in [6, 6.07) is 7.16. The van der Waals surface area contributed by atoms with Crippen LogP contribution in [0.5, 0.6) is 0 Å². The van der Waals surface area contributed by atoms with Gasteiger partial charge in [-0.1, -0.05) is 6.07 Å². The van der Waals surface area contributed by atoms with E-state index in [0.717, 1.165) is 10.9 Å². The van der Waals surface area contributed by atoms with Crippen molar-refractivity contribution in [1.82, 2.24) is 9.88 Å². The number of fused-ring (bicyclic) bond motifs is 1. The number of carbonyl (C=O) groups is 1. The molecule has 2 aromatic rings. The highest BCUT2D eigenvalue weighted by Crippen LogP contribution is 2.19. The van der Waals surface area contributed by atoms with Crippen LogP contribution in [-0.2, 0) is 0 Å². The number of rotatable bonds is 2. The lowest BCUT2D eigenvalue weighted by molar-refractivity contribution is 0.0817. The van der Waals surface area contributed by atoms with Crippen molar-refractivity contribution in [3.05, 3.63) is 36.0 Å². The molecule has 5 nitrogen and oxygen atoms in total. The molecule has 1 heterocycles. The van der Waals surface area contributed by atoms with Gasteiger partial charge < -0.3 is 10.7 Å². The molecule has 0 fully saturated rings. The average Bonchev–Trinajstić information content (AvgIpc) is 2.75. The molecule has 0 atom stereocenters. The smallest absolute Gasteiger partial charge is 0.261 e. The van der Waals surface area contributed by atoms with Crippen LogP contribution in [0.3, 0.4) is 0 Å². The average molecular weight is 244 g/mol. The van der Waals surface area contributed by atoms with Gasteiger partial charge in [-0.05, 0) is 32.0 Å². The second-order valence-corrected chi connectivity index (χ2v) is 4.40. The zero-order valence-electron chi connectivity index (χ0n) is 10.4. The van der Waals surface area contributed by atoms with Gasteiger partial charge in [-0.2, -0.15) is 0 Å². The standard InChI is InChI=1S/C13H16N4O/c1-8(2)17(13(14)15)12(18)10-4-3-5-11-9(10)6-7-16-11/h3-8,16H,1-2H3,(H3,14,15). The minimum Gasteiger partial charge on any atom is -0.370 e. The molecule has 1 amide bonds. The third-order valence-electron chi connectivity index (χ3n) is 2.82. The maximum atomic E-state index is 12.4. The molecule has 0 unspecified atom stereocenters. The van der Waals surface area contributed by atoms with Crippen molar-refractivity contribution in [1.29, 1.82) is 5.41 Å². The molecule has 0 aliphatic carbocycles. The van der Waals surface area contributed by atoms with Gasteiger partial charge in [-0.25, -0.2) is 0 Å². The Morgan fingerprint density at radius 2 is 2.11 bits per heavy atom. The predicted molar refractivity (Wildman–Crippen MR) is 71.5 cm³/mol. The monoisotopic (exact) mass is 244 g/mol. The zero-order chi connectivity index (χ0) is 13.3. The van der Waals surface area contributed by atoms with Crippen LogP contribution in [0.15, 0.2) is 30.5 Å². The van der Waals surface area contributed by atoms with Crippen LogP contribution in [0.4, 0.5) is 0 Å². The van der Waals surface area contributed by atoms with Crippen LogP contribution in [0.2, 0.25) is 0 Å². The topological polar surface area (TPSA) is 86.0 Å². The summed E-state index contributed by atoms with van der Waals surface area (Å²) in [4.78, 5) is 16.8. The normalized spacial score (nSPS) is 10.8. The van der Waals surface area contributed by atoms with E-state index in [0.29, 0.717) is 5.56 Å². The molecule has 18 heavy (non-hydrogen) atoms. The van der Waals surface area contributed by atoms with E-state index in [9.17, 15) is 4.79 Å². The number of aromatic nitrogens is 1. The molecule has 0 aliphatic rings. The number of carbonyl (C=O) groups excluding carboxylic acids is 1. The summed E-state index contributed by atoms with van der Waals surface area (Å²) < 4.78 is 0. The lowest BCUT2D eigenvalue weighted by atomic mass is 10.1. The fourth-order valence-electron chi connectivity index (χ4n) is 2.02. The quantitative estimate of drug-likeness (QED) is 0.556. The molecule has 0 spiro atoms. The minimum absolute atomic E-state index is 0.149. The lowest BCUT2D eigenvalue weighted by Gasteiger charge is -2.24. The molecule has 0 aliphatic heterocycles. The van der Waals surface area contributed by atoms with Gasteiger partial charge in [0, 0.05) is 28.7 Å². The van der Waals surface area contributed by atoms with E-state index in [1.54, 1.807) is 12.3 Å². The van der Waals surface area contributed by atoms with Gasteiger partial charge in [0.2, 0.25) is 0 Å². The molecule has 5 heteroatoms. The Balaban J connectivity index is 2.50. The summed E-state index contributed by atoms with van der Waals surface area (Å²) in [5.41, 5.74) is 6.93. The Hall–Kier alpha value is -2.30. The summed E-state index contributed by atoms with van der Waals surface area (Å²) in [5, 5.41) is 8.35. The van der Waals surface area contributed by atoms with E-state index >= 15 is 0 Å². The number of H-pyrrole nitrogens is 1. The molecule has 0 saturated heterocycles. The van der Waals surface area contributed by atoms with E-state index in [2.05, 4.69) is 4.98 Å². The van der Waals surface area contributed by atoms with Crippen molar-refractivity contribution in [3.63, 3.8) is 0 Å². The van der Waals surface area contributed by atoms with Crippen LogP contribution >= 0.6 is 0 Å². The molecule has 0 radical (unpaired) electrons. The Labute approximate surface area is 105 Å². The van der Waals surface area contributed by atoms with E-state index in [1.807, 2.05) is 32.0 Å². The first-order valence-electron chi connectivity index (χ1n) is 5.76. The number of amides is 1. The summed E-state index contributed by atoms with van der Waals surface area (Å²) in [6.07, 6.45) is 1.79. The van der Waals surface area contributed by atoms with Crippen LogP contribution in [0, 0.1) is 5.41 Å². The summed E-state index contributed by atoms with van der Waals surface area (Å²) >= 11 is 0. The largest absolute Gasteiger partial charge is 0.370 e. The summed E-state index contributed by atoms with van der Waals surface area (Å²) in [5.74, 6) is -0.481. The van der Waals surface area contributed by atoms with E-state index in [1.165, 1.54) is 4.90 Å². The summed E-state index contributed by atoms with van der Waals surface area (Å²) in [6.45, 7) is 3.66. The van der Waals surface area contributed by atoms with Gasteiger partial charge in [0.1, 0.15) is 0 Å². The number of hydrogen-bond donors (Lipinski definition) is 3. The number of guanidine groups is 1. The Kier molecular flexibility index (Phi) is 3.06. The highest BCUT2D eigenvalue weighted by molar-refractivity contribution is 6.11. The molecular formula is C13H16N4O. The summed E-state index contributed by atoms with van der Waals surface area (Å²) in [7, 11) is 0.